The van der Waals surface area contributed by atoms with Crippen molar-refractivity contribution in [3.63, 3.8) is 0 Å². The standard InChI is InChI=1S/C6H9NOS/c7-4-6(5-8)2-1-3-9-6/h8H,1-3,5H2. The van der Waals surface area contributed by atoms with E-state index in [-0.39, 0.29) is 6.61 Å². The second kappa shape index (κ2) is 2.59. The van der Waals surface area contributed by atoms with E-state index < -0.39 is 4.75 Å². The Hall–Kier alpha value is -0.200. The molecule has 1 unspecified atom stereocenters. The van der Waals surface area contributed by atoms with Crippen LogP contribution in [-0.4, -0.2) is 22.2 Å². The van der Waals surface area contributed by atoms with Crippen molar-refractivity contribution in [3.05, 3.63) is 0 Å². The van der Waals surface area contributed by atoms with Gasteiger partial charge in [0.1, 0.15) is 4.75 Å². The minimum Gasteiger partial charge on any atom is -0.394 e. The first kappa shape index (κ1) is 6.91. The van der Waals surface area contributed by atoms with E-state index in [9.17, 15) is 0 Å². The SMILES string of the molecule is N#CC1(CO)CCCS1. The molecular weight excluding hydrogens is 134 g/mol. The Morgan fingerprint density at radius 1 is 1.78 bits per heavy atom. The van der Waals surface area contributed by atoms with Crippen LogP contribution in [0.4, 0.5) is 0 Å². The summed E-state index contributed by atoms with van der Waals surface area (Å²) in [6.07, 6.45) is 1.92. The first-order valence-electron chi connectivity index (χ1n) is 2.99. The highest BCUT2D eigenvalue weighted by atomic mass is 32.2. The molecule has 3 heteroatoms. The van der Waals surface area contributed by atoms with E-state index in [1.165, 1.54) is 0 Å². The third-order valence-electron chi connectivity index (χ3n) is 1.56. The average molecular weight is 143 g/mol. The molecule has 1 N–H and O–H groups in total. The molecule has 0 bridgehead atoms. The average Bonchev–Trinajstić information content (AvgIpc) is 2.36. The Balaban J connectivity index is 2.59. The van der Waals surface area contributed by atoms with Crippen molar-refractivity contribution in [2.24, 2.45) is 0 Å². The van der Waals surface area contributed by atoms with Crippen LogP contribution in [0, 0.1) is 11.3 Å². The minimum atomic E-state index is -0.444. The fraction of sp³-hybridized carbons (Fsp3) is 0.833. The summed E-state index contributed by atoms with van der Waals surface area (Å²) in [6.45, 7) is 0.00810. The van der Waals surface area contributed by atoms with Crippen LogP contribution in [0.2, 0.25) is 0 Å². The highest BCUT2D eigenvalue weighted by Crippen LogP contribution is 2.36. The van der Waals surface area contributed by atoms with E-state index in [0.717, 1.165) is 18.6 Å². The van der Waals surface area contributed by atoms with Crippen LogP contribution >= 0.6 is 11.8 Å². The van der Waals surface area contributed by atoms with Crippen molar-refractivity contribution in [1.29, 1.82) is 5.26 Å². The molecule has 0 saturated carbocycles. The molecule has 1 aliphatic rings. The van der Waals surface area contributed by atoms with Crippen molar-refractivity contribution < 1.29 is 5.11 Å². The number of hydrogen-bond donors (Lipinski definition) is 1. The van der Waals surface area contributed by atoms with Crippen LogP contribution in [0.15, 0.2) is 0 Å². The molecule has 0 amide bonds. The molecule has 0 radical (unpaired) electrons. The number of aliphatic hydroxyl groups excluding tert-OH is 1. The van der Waals surface area contributed by atoms with Gasteiger partial charge in [-0.2, -0.15) is 5.26 Å². The van der Waals surface area contributed by atoms with E-state index >= 15 is 0 Å². The van der Waals surface area contributed by atoms with E-state index in [1.807, 2.05) is 0 Å². The van der Waals surface area contributed by atoms with Gasteiger partial charge in [0.25, 0.3) is 0 Å². The van der Waals surface area contributed by atoms with Crippen molar-refractivity contribution >= 4 is 11.8 Å². The molecule has 1 atom stereocenters. The maximum absolute atomic E-state index is 8.77. The fourth-order valence-corrected chi connectivity index (χ4v) is 2.07. The normalized spacial score (nSPS) is 34.2. The molecule has 0 aromatic heterocycles. The van der Waals surface area contributed by atoms with Crippen LogP contribution in [0.5, 0.6) is 0 Å². The molecule has 0 aromatic carbocycles. The van der Waals surface area contributed by atoms with E-state index in [0.29, 0.717) is 0 Å². The number of thioether (sulfide) groups is 1. The molecule has 2 nitrogen and oxygen atoms in total. The van der Waals surface area contributed by atoms with Crippen molar-refractivity contribution in [3.8, 4) is 6.07 Å². The summed E-state index contributed by atoms with van der Waals surface area (Å²) < 4.78 is -0.444. The lowest BCUT2D eigenvalue weighted by molar-refractivity contribution is 0.269. The Morgan fingerprint density at radius 2 is 2.56 bits per heavy atom. The fourth-order valence-electron chi connectivity index (χ4n) is 0.946. The Labute approximate surface area is 58.9 Å². The number of rotatable bonds is 1. The lowest BCUT2D eigenvalue weighted by atomic mass is 10.1. The summed E-state index contributed by atoms with van der Waals surface area (Å²) in [5, 5.41) is 17.4. The Bertz CT molecular complexity index is 134. The van der Waals surface area contributed by atoms with E-state index in [1.54, 1.807) is 11.8 Å². The van der Waals surface area contributed by atoms with E-state index in [4.69, 9.17) is 10.4 Å². The summed E-state index contributed by atoms with van der Waals surface area (Å²) in [7, 11) is 0. The van der Waals surface area contributed by atoms with E-state index in [2.05, 4.69) is 6.07 Å². The second-order valence-corrected chi connectivity index (χ2v) is 3.69. The van der Waals surface area contributed by atoms with Crippen LogP contribution < -0.4 is 0 Å². The van der Waals surface area contributed by atoms with Crippen LogP contribution in [0.25, 0.3) is 0 Å². The molecule has 1 aliphatic heterocycles. The minimum absolute atomic E-state index is 0.00810. The van der Waals surface area contributed by atoms with Gasteiger partial charge >= 0.3 is 0 Å². The van der Waals surface area contributed by atoms with Gasteiger partial charge in [-0.05, 0) is 18.6 Å². The molecule has 0 aliphatic carbocycles. The number of nitrogens with zero attached hydrogens (tertiary/aromatic N) is 1. The molecule has 50 valence electrons. The van der Waals surface area contributed by atoms with Crippen molar-refractivity contribution in [2.75, 3.05) is 12.4 Å². The molecule has 0 spiro atoms. The molecule has 1 saturated heterocycles. The molecule has 1 fully saturated rings. The van der Waals surface area contributed by atoms with Gasteiger partial charge in [0, 0.05) is 0 Å². The quantitative estimate of drug-likeness (QED) is 0.589. The predicted octanol–water partition coefficient (Wildman–Crippen LogP) is 0.768. The molecule has 0 aromatic rings. The summed E-state index contributed by atoms with van der Waals surface area (Å²) in [5.74, 6) is 1.02. The molecular formula is C6H9NOS. The summed E-state index contributed by atoms with van der Waals surface area (Å²) >= 11 is 1.58. The lowest BCUT2D eigenvalue weighted by Crippen LogP contribution is -2.22. The lowest BCUT2D eigenvalue weighted by Gasteiger charge is -2.13. The third kappa shape index (κ3) is 1.20. The van der Waals surface area contributed by atoms with Gasteiger partial charge in [-0.15, -0.1) is 11.8 Å². The number of nitriles is 1. The largest absolute Gasteiger partial charge is 0.394 e. The number of hydrogen-bond acceptors (Lipinski definition) is 3. The molecule has 1 heterocycles. The number of aliphatic hydroxyl groups is 1. The summed E-state index contributed by atoms with van der Waals surface area (Å²) in [5.41, 5.74) is 0. The first-order chi connectivity index (χ1) is 4.33. The molecule has 1 rings (SSSR count). The molecule has 9 heavy (non-hydrogen) atoms. The van der Waals surface area contributed by atoms with Crippen LogP contribution in [0.3, 0.4) is 0 Å². The van der Waals surface area contributed by atoms with Gasteiger partial charge in [-0.1, -0.05) is 0 Å². The monoisotopic (exact) mass is 143 g/mol. The highest BCUT2D eigenvalue weighted by molar-refractivity contribution is 8.01. The summed E-state index contributed by atoms with van der Waals surface area (Å²) in [6, 6.07) is 2.14. The van der Waals surface area contributed by atoms with Gasteiger partial charge < -0.3 is 5.11 Å². The summed E-state index contributed by atoms with van der Waals surface area (Å²) in [4.78, 5) is 0. The zero-order valence-electron chi connectivity index (χ0n) is 5.13. The van der Waals surface area contributed by atoms with Gasteiger partial charge in [-0.25, -0.2) is 0 Å². The first-order valence-corrected chi connectivity index (χ1v) is 3.98. The Kier molecular flexibility index (Phi) is 1.99. The smallest absolute Gasteiger partial charge is 0.125 e. The van der Waals surface area contributed by atoms with Gasteiger partial charge in [0.05, 0.1) is 12.7 Å². The predicted molar refractivity (Wildman–Crippen MR) is 37.1 cm³/mol. The van der Waals surface area contributed by atoms with Gasteiger partial charge in [0.15, 0.2) is 0 Å². The zero-order chi connectivity index (χ0) is 6.74. The van der Waals surface area contributed by atoms with Gasteiger partial charge in [0.2, 0.25) is 0 Å². The maximum atomic E-state index is 8.77. The second-order valence-electron chi connectivity index (χ2n) is 2.22. The Morgan fingerprint density at radius 3 is 2.78 bits per heavy atom. The third-order valence-corrected chi connectivity index (χ3v) is 3.03. The zero-order valence-corrected chi connectivity index (χ0v) is 5.95. The maximum Gasteiger partial charge on any atom is 0.125 e. The topological polar surface area (TPSA) is 44.0 Å². The highest BCUT2D eigenvalue weighted by Gasteiger charge is 2.33. The van der Waals surface area contributed by atoms with Crippen LogP contribution in [0.1, 0.15) is 12.8 Å². The van der Waals surface area contributed by atoms with Gasteiger partial charge in [-0.3, -0.25) is 0 Å². The van der Waals surface area contributed by atoms with Crippen LogP contribution in [-0.2, 0) is 0 Å². The van der Waals surface area contributed by atoms with Crippen molar-refractivity contribution in [2.45, 2.75) is 17.6 Å². The van der Waals surface area contributed by atoms with Crippen molar-refractivity contribution in [1.82, 2.24) is 0 Å².